The van der Waals surface area contributed by atoms with E-state index in [1.165, 1.54) is 6.07 Å². The second kappa shape index (κ2) is 8.16. The van der Waals surface area contributed by atoms with Gasteiger partial charge in [0.25, 0.3) is 5.91 Å². The number of hydrogen-bond acceptors (Lipinski definition) is 3. The van der Waals surface area contributed by atoms with Crippen molar-refractivity contribution in [1.82, 2.24) is 14.7 Å². The first-order valence-electron chi connectivity index (χ1n) is 10.5. The third-order valence-electron chi connectivity index (χ3n) is 5.75. The Balaban J connectivity index is 1.36. The molecule has 0 atom stereocenters. The lowest BCUT2D eigenvalue weighted by atomic mass is 10.1. The summed E-state index contributed by atoms with van der Waals surface area (Å²) in [6.07, 6.45) is 3.76. The summed E-state index contributed by atoms with van der Waals surface area (Å²) in [6.45, 7) is 2.43. The minimum absolute atomic E-state index is 0.0814. The number of ether oxygens (including phenoxy) is 1. The Labute approximate surface area is 189 Å². The van der Waals surface area contributed by atoms with Crippen LogP contribution in [0.4, 0.5) is 8.78 Å². The molecule has 33 heavy (non-hydrogen) atoms. The normalized spacial score (nSPS) is 12.8. The molecule has 4 aromatic rings. The maximum absolute atomic E-state index is 14.3. The number of rotatable bonds is 5. The highest BCUT2D eigenvalue weighted by atomic mass is 19.1. The lowest BCUT2D eigenvalue weighted by molar-refractivity contribution is 0.0764. The molecule has 0 saturated carbocycles. The van der Waals surface area contributed by atoms with Gasteiger partial charge in [-0.15, -0.1) is 0 Å². The first-order chi connectivity index (χ1) is 15.9. The van der Waals surface area contributed by atoms with Gasteiger partial charge < -0.3 is 9.64 Å². The molecule has 5 nitrogen and oxygen atoms in total. The van der Waals surface area contributed by atoms with E-state index in [0.29, 0.717) is 24.2 Å². The van der Waals surface area contributed by atoms with Crippen LogP contribution in [-0.2, 0) is 20.1 Å². The van der Waals surface area contributed by atoms with Gasteiger partial charge in [-0.3, -0.25) is 9.48 Å². The maximum atomic E-state index is 14.3. The minimum Gasteiger partial charge on any atom is -0.453 e. The number of fused-ring (bicyclic) bond motifs is 1. The zero-order valence-electron chi connectivity index (χ0n) is 18.2. The fourth-order valence-electron chi connectivity index (χ4n) is 4.12. The fourth-order valence-corrected chi connectivity index (χ4v) is 4.12. The van der Waals surface area contributed by atoms with Gasteiger partial charge in [0.2, 0.25) is 0 Å². The Kier molecular flexibility index (Phi) is 5.17. The highest BCUT2D eigenvalue weighted by Crippen LogP contribution is 2.36. The summed E-state index contributed by atoms with van der Waals surface area (Å²) in [4.78, 5) is 14.9. The van der Waals surface area contributed by atoms with Gasteiger partial charge in [0.15, 0.2) is 11.6 Å². The van der Waals surface area contributed by atoms with Crippen molar-refractivity contribution >= 4 is 5.91 Å². The summed E-state index contributed by atoms with van der Waals surface area (Å²) in [5, 5.41) is 4.19. The molecule has 2 heterocycles. The number of hydrogen-bond donors (Lipinski definition) is 0. The van der Waals surface area contributed by atoms with Crippen molar-refractivity contribution in [2.75, 3.05) is 0 Å². The number of halogens is 2. The van der Waals surface area contributed by atoms with Crippen molar-refractivity contribution in [2.24, 2.45) is 7.05 Å². The average Bonchev–Trinajstić information content (AvgIpc) is 3.35. The first kappa shape index (κ1) is 20.9. The van der Waals surface area contributed by atoms with E-state index in [0.717, 1.165) is 28.3 Å². The Morgan fingerprint density at radius 3 is 2.55 bits per heavy atom. The van der Waals surface area contributed by atoms with Gasteiger partial charge in [-0.1, -0.05) is 36.4 Å². The third kappa shape index (κ3) is 3.98. The van der Waals surface area contributed by atoms with Crippen LogP contribution in [0.1, 0.15) is 27.0 Å². The van der Waals surface area contributed by atoms with Crippen LogP contribution in [0.2, 0.25) is 0 Å². The number of aryl methyl sites for hydroxylation is 2. The number of aromatic nitrogens is 2. The van der Waals surface area contributed by atoms with Crippen LogP contribution < -0.4 is 4.74 Å². The number of carbonyl (C=O) groups excluding carboxylic acids is 1. The van der Waals surface area contributed by atoms with Gasteiger partial charge in [-0.2, -0.15) is 5.10 Å². The van der Waals surface area contributed by atoms with Gasteiger partial charge >= 0.3 is 0 Å². The van der Waals surface area contributed by atoms with Crippen molar-refractivity contribution in [2.45, 2.75) is 20.0 Å². The molecule has 166 valence electrons. The molecule has 0 spiro atoms. The molecule has 0 N–H and O–H groups in total. The van der Waals surface area contributed by atoms with Crippen molar-refractivity contribution in [3.8, 4) is 22.6 Å². The highest BCUT2D eigenvalue weighted by molar-refractivity contribution is 6.01. The molecule has 5 rings (SSSR count). The number of amides is 1. The predicted octanol–water partition coefficient (Wildman–Crippen LogP) is 5.62. The second-order valence-electron chi connectivity index (χ2n) is 8.19. The zero-order chi connectivity index (χ0) is 23.1. The molecule has 1 aromatic heterocycles. The predicted molar refractivity (Wildman–Crippen MR) is 120 cm³/mol. The summed E-state index contributed by atoms with van der Waals surface area (Å²) < 4.78 is 35.3. The van der Waals surface area contributed by atoms with Crippen LogP contribution in [0.25, 0.3) is 11.1 Å². The number of nitrogens with zero attached hydrogens (tertiary/aromatic N) is 3. The number of carbonyl (C=O) groups is 1. The van der Waals surface area contributed by atoms with Crippen LogP contribution in [0.5, 0.6) is 11.5 Å². The molecule has 0 radical (unpaired) electrons. The Hall–Kier alpha value is -4.00. The lowest BCUT2D eigenvalue weighted by Crippen LogP contribution is -2.23. The molecule has 0 aliphatic carbocycles. The van der Waals surface area contributed by atoms with Crippen LogP contribution in [0.3, 0.4) is 0 Å². The lowest BCUT2D eigenvalue weighted by Gasteiger charge is -2.16. The second-order valence-corrected chi connectivity index (χ2v) is 8.19. The van der Waals surface area contributed by atoms with Gasteiger partial charge in [0, 0.05) is 38.0 Å². The quantitative estimate of drug-likeness (QED) is 0.401. The van der Waals surface area contributed by atoms with E-state index in [2.05, 4.69) is 5.10 Å². The average molecular weight is 445 g/mol. The Bertz CT molecular complexity index is 1340. The van der Waals surface area contributed by atoms with E-state index < -0.39 is 11.6 Å². The molecule has 7 heteroatoms. The van der Waals surface area contributed by atoms with Crippen LogP contribution >= 0.6 is 0 Å². The molecular weight excluding hydrogens is 424 g/mol. The zero-order valence-corrected chi connectivity index (χ0v) is 18.2. The molecule has 3 aromatic carbocycles. The van der Waals surface area contributed by atoms with Crippen molar-refractivity contribution in [3.63, 3.8) is 0 Å². The molecule has 0 saturated heterocycles. The third-order valence-corrected chi connectivity index (χ3v) is 5.75. The van der Waals surface area contributed by atoms with Crippen molar-refractivity contribution in [3.05, 3.63) is 101 Å². The smallest absolute Gasteiger partial charge is 0.258 e. The van der Waals surface area contributed by atoms with E-state index in [9.17, 15) is 13.6 Å². The summed E-state index contributed by atoms with van der Waals surface area (Å²) >= 11 is 0. The molecular formula is C26H21F2N3O2. The van der Waals surface area contributed by atoms with Crippen LogP contribution in [-0.4, -0.2) is 20.6 Å². The molecule has 0 bridgehead atoms. The van der Waals surface area contributed by atoms with Gasteiger partial charge in [-0.25, -0.2) is 8.78 Å². The molecule has 1 aliphatic rings. The maximum Gasteiger partial charge on any atom is 0.258 e. The van der Waals surface area contributed by atoms with E-state index in [-0.39, 0.29) is 17.4 Å². The monoisotopic (exact) mass is 445 g/mol. The Morgan fingerprint density at radius 2 is 1.85 bits per heavy atom. The standard InChI is InChI=1S/C26H21F2N3O2/c1-16-10-21(27)11-22(28)25(16)33-23-5-3-4-19-15-31(26(32)24(19)23)13-17-6-8-18(9-7-17)20-12-29-30(2)14-20/h3-12,14H,13,15H2,1-2H3. The van der Waals surface area contributed by atoms with Crippen LogP contribution in [0.15, 0.2) is 67.0 Å². The van der Waals surface area contributed by atoms with Gasteiger partial charge in [0.05, 0.1) is 11.8 Å². The van der Waals surface area contributed by atoms with E-state index >= 15 is 0 Å². The largest absolute Gasteiger partial charge is 0.453 e. The van der Waals surface area contributed by atoms with Gasteiger partial charge in [-0.05, 0) is 41.3 Å². The fraction of sp³-hybridized carbons (Fsp3) is 0.154. The summed E-state index contributed by atoms with van der Waals surface area (Å²) in [6, 6.07) is 15.2. The van der Waals surface area contributed by atoms with E-state index in [1.54, 1.807) is 28.6 Å². The summed E-state index contributed by atoms with van der Waals surface area (Å²) in [7, 11) is 1.87. The minimum atomic E-state index is -0.805. The topological polar surface area (TPSA) is 47.4 Å². The molecule has 1 amide bonds. The summed E-state index contributed by atoms with van der Waals surface area (Å²) in [5.41, 5.74) is 4.61. The van der Waals surface area contributed by atoms with E-state index in [1.807, 2.05) is 49.8 Å². The van der Waals surface area contributed by atoms with Crippen molar-refractivity contribution < 1.29 is 18.3 Å². The first-order valence-corrected chi connectivity index (χ1v) is 10.5. The SMILES string of the molecule is Cc1cc(F)cc(F)c1Oc1cccc2c1C(=O)N(Cc1ccc(-c3cnn(C)c3)cc1)C2. The molecule has 1 aliphatic heterocycles. The summed E-state index contributed by atoms with van der Waals surface area (Å²) in [5.74, 6) is -1.48. The van der Waals surface area contributed by atoms with Crippen LogP contribution in [0, 0.1) is 18.6 Å². The number of benzene rings is 3. The molecule has 0 fully saturated rings. The van der Waals surface area contributed by atoms with Gasteiger partial charge in [0.1, 0.15) is 11.6 Å². The van der Waals surface area contributed by atoms with E-state index in [4.69, 9.17) is 4.74 Å². The Morgan fingerprint density at radius 1 is 1.06 bits per heavy atom. The highest BCUT2D eigenvalue weighted by Gasteiger charge is 2.31. The van der Waals surface area contributed by atoms with Crippen molar-refractivity contribution in [1.29, 1.82) is 0 Å². The molecule has 0 unspecified atom stereocenters.